The number of methoxy groups -OCH3 is 1. The first kappa shape index (κ1) is 23.1. The summed E-state index contributed by atoms with van der Waals surface area (Å²) in [4.78, 5) is 15.4. The highest BCUT2D eigenvalue weighted by molar-refractivity contribution is 7.89. The molecule has 2 N–H and O–H groups in total. The van der Waals surface area contributed by atoms with Crippen LogP contribution in [-0.2, 0) is 10.0 Å². The summed E-state index contributed by atoms with van der Waals surface area (Å²) in [6.07, 6.45) is 0. The molecule has 0 atom stereocenters. The molecule has 0 saturated heterocycles. The maximum Gasteiger partial charge on any atom is 0.276 e. The van der Waals surface area contributed by atoms with Gasteiger partial charge in [0.2, 0.25) is 5.55 Å². The van der Waals surface area contributed by atoms with E-state index in [1.807, 2.05) is 26.0 Å². The van der Waals surface area contributed by atoms with E-state index in [4.69, 9.17) is 9.15 Å². The molecular weight excluding hydrogens is 454 g/mol. The number of nitrogens with one attached hydrogen (secondary N) is 2. The van der Waals surface area contributed by atoms with E-state index >= 15 is 0 Å². The second kappa shape index (κ2) is 9.40. The molecule has 0 fully saturated rings. The Labute approximate surface area is 196 Å². The summed E-state index contributed by atoms with van der Waals surface area (Å²) in [6, 6.07) is 20.1. The number of sulfonamides is 1. The molecule has 0 aliphatic carbocycles. The molecule has 1 aromatic heterocycles. The first-order valence-electron chi connectivity index (χ1n) is 10.4. The van der Waals surface area contributed by atoms with E-state index in [0.717, 1.165) is 11.1 Å². The molecule has 0 spiro atoms. The number of carbonyl (C=O) groups excluding carboxylic acids is 1. The molecular formula is C25H23N3O5S. The van der Waals surface area contributed by atoms with E-state index in [9.17, 15) is 13.2 Å². The second-order valence-corrected chi connectivity index (χ2v) is 9.23. The van der Waals surface area contributed by atoms with E-state index in [0.29, 0.717) is 22.4 Å². The van der Waals surface area contributed by atoms with Gasteiger partial charge < -0.3 is 14.5 Å². The number of anilines is 1. The summed E-state index contributed by atoms with van der Waals surface area (Å²) in [5, 5.41) is 7.42. The van der Waals surface area contributed by atoms with E-state index in [1.54, 1.807) is 48.5 Å². The van der Waals surface area contributed by atoms with Gasteiger partial charge in [0, 0.05) is 11.1 Å². The Balaban J connectivity index is 1.83. The van der Waals surface area contributed by atoms with Crippen LogP contribution >= 0.6 is 0 Å². The molecule has 34 heavy (non-hydrogen) atoms. The van der Waals surface area contributed by atoms with Crippen LogP contribution in [0.3, 0.4) is 0 Å². The van der Waals surface area contributed by atoms with Crippen molar-refractivity contribution in [2.75, 3.05) is 12.4 Å². The molecule has 0 bridgehead atoms. The number of hydrogen-bond acceptors (Lipinski definition) is 6. The van der Waals surface area contributed by atoms with Gasteiger partial charge in [-0.25, -0.2) is 0 Å². The summed E-state index contributed by atoms with van der Waals surface area (Å²) in [5.74, 6) is -0.0822. The summed E-state index contributed by atoms with van der Waals surface area (Å²) < 4.78 is 36.6. The van der Waals surface area contributed by atoms with Crippen LogP contribution in [0.1, 0.15) is 21.5 Å². The molecule has 9 heteroatoms. The Morgan fingerprint density at radius 2 is 1.71 bits per heavy atom. The van der Waals surface area contributed by atoms with Gasteiger partial charge in [-0.2, -0.15) is 13.2 Å². The molecule has 4 rings (SSSR count). The zero-order chi connectivity index (χ0) is 24.3. The number of amides is 1. The number of nitrogens with zero attached hydrogens (tertiary/aromatic N) is 1. The molecule has 0 aliphatic heterocycles. The first-order valence-corrected chi connectivity index (χ1v) is 11.9. The second-order valence-electron chi connectivity index (χ2n) is 7.57. The number of para-hydroxylation sites is 1. The lowest BCUT2D eigenvalue weighted by Gasteiger charge is -2.11. The van der Waals surface area contributed by atoms with E-state index < -0.39 is 15.9 Å². The van der Waals surface area contributed by atoms with Crippen molar-refractivity contribution >= 4 is 32.6 Å². The van der Waals surface area contributed by atoms with Crippen molar-refractivity contribution in [2.24, 2.45) is 5.10 Å². The minimum absolute atomic E-state index is 0.0264. The van der Waals surface area contributed by atoms with Gasteiger partial charge in [-0.05, 0) is 55.3 Å². The van der Waals surface area contributed by atoms with Gasteiger partial charge in [-0.1, -0.05) is 42.5 Å². The van der Waals surface area contributed by atoms with Crippen molar-refractivity contribution < 1.29 is 22.4 Å². The van der Waals surface area contributed by atoms with Gasteiger partial charge in [-0.3, -0.25) is 4.79 Å². The van der Waals surface area contributed by atoms with Crippen LogP contribution in [0.5, 0.6) is 5.75 Å². The Morgan fingerprint density at radius 1 is 0.971 bits per heavy atom. The lowest BCUT2D eigenvalue weighted by Crippen LogP contribution is -2.27. The van der Waals surface area contributed by atoms with Gasteiger partial charge >= 0.3 is 0 Å². The fourth-order valence-electron chi connectivity index (χ4n) is 3.36. The van der Waals surface area contributed by atoms with Crippen molar-refractivity contribution in [2.45, 2.75) is 18.7 Å². The maximum atomic E-state index is 13.3. The third-order valence-corrected chi connectivity index (χ3v) is 6.60. The lowest BCUT2D eigenvalue weighted by atomic mass is 10.1. The minimum Gasteiger partial charge on any atom is -0.493 e. The first-order chi connectivity index (χ1) is 16.3. The van der Waals surface area contributed by atoms with Gasteiger partial charge in [0.25, 0.3) is 15.9 Å². The van der Waals surface area contributed by atoms with Crippen LogP contribution in [0, 0.1) is 13.8 Å². The van der Waals surface area contributed by atoms with E-state index in [-0.39, 0.29) is 16.0 Å². The van der Waals surface area contributed by atoms with Crippen molar-refractivity contribution in [1.29, 1.82) is 0 Å². The zero-order valence-electron chi connectivity index (χ0n) is 18.8. The third kappa shape index (κ3) is 4.65. The Hall–Kier alpha value is -4.11. The topological polar surface area (TPSA) is 110 Å². The Kier molecular flexibility index (Phi) is 6.38. The molecule has 8 nitrogen and oxygen atoms in total. The molecule has 1 heterocycles. The summed E-state index contributed by atoms with van der Waals surface area (Å²) >= 11 is 0. The van der Waals surface area contributed by atoms with Gasteiger partial charge in [0.15, 0.2) is 11.3 Å². The summed E-state index contributed by atoms with van der Waals surface area (Å²) in [6.45, 7) is 3.85. The molecule has 4 aromatic rings. The van der Waals surface area contributed by atoms with E-state index in [1.165, 1.54) is 19.2 Å². The smallest absolute Gasteiger partial charge is 0.276 e. The molecule has 0 saturated carbocycles. The molecule has 1 amide bonds. The zero-order valence-corrected chi connectivity index (χ0v) is 19.6. The lowest BCUT2D eigenvalue weighted by molar-refractivity contribution is 0.102. The summed E-state index contributed by atoms with van der Waals surface area (Å²) in [5.41, 5.74) is 2.74. The highest BCUT2D eigenvalue weighted by atomic mass is 32.2. The number of ether oxygens (including phenoxy) is 1. The van der Waals surface area contributed by atoms with Crippen molar-refractivity contribution in [1.82, 2.24) is 4.83 Å². The Bertz CT molecular complexity index is 1540. The number of aryl methyl sites for hydroxylation is 1. The normalized spacial score (nSPS) is 11.9. The quantitative estimate of drug-likeness (QED) is 0.406. The third-order valence-electron chi connectivity index (χ3n) is 5.38. The number of benzene rings is 3. The van der Waals surface area contributed by atoms with Gasteiger partial charge in [0.1, 0.15) is 5.56 Å². The van der Waals surface area contributed by atoms with Crippen LogP contribution < -0.4 is 20.4 Å². The van der Waals surface area contributed by atoms with Crippen LogP contribution in [0.4, 0.5) is 5.69 Å². The van der Waals surface area contributed by atoms with Crippen molar-refractivity contribution in [3.8, 4) is 5.75 Å². The number of carbonyl (C=O) groups is 1. The van der Waals surface area contributed by atoms with Gasteiger partial charge in [0.05, 0.1) is 12.0 Å². The highest BCUT2D eigenvalue weighted by Gasteiger charge is 2.18. The van der Waals surface area contributed by atoms with E-state index in [2.05, 4.69) is 15.2 Å². The monoisotopic (exact) mass is 477 g/mol. The average Bonchev–Trinajstić information content (AvgIpc) is 2.85. The molecule has 174 valence electrons. The fraction of sp³-hybridized carbons (Fsp3) is 0.120. The van der Waals surface area contributed by atoms with Crippen LogP contribution in [0.25, 0.3) is 11.0 Å². The largest absolute Gasteiger partial charge is 0.493 e. The average molecular weight is 478 g/mol. The fourth-order valence-corrected chi connectivity index (χ4v) is 4.19. The maximum absolute atomic E-state index is 13.3. The number of fused-ring (bicyclic) bond motifs is 1. The van der Waals surface area contributed by atoms with Crippen LogP contribution in [0.15, 0.2) is 87.2 Å². The van der Waals surface area contributed by atoms with Crippen molar-refractivity contribution in [3.05, 3.63) is 95.0 Å². The number of hydrogen-bond donors (Lipinski definition) is 2. The molecule has 0 unspecified atom stereocenters. The SMILES string of the molecule is COc1cccc2cc(C(=O)Nc3cccc(C)c3C)/c(=N/NS(=O)(=O)c3ccccc3)oc12. The van der Waals surface area contributed by atoms with Crippen molar-refractivity contribution in [3.63, 3.8) is 0 Å². The van der Waals surface area contributed by atoms with Crippen LogP contribution in [-0.4, -0.2) is 21.4 Å². The summed E-state index contributed by atoms with van der Waals surface area (Å²) in [7, 11) is -2.49. The highest BCUT2D eigenvalue weighted by Crippen LogP contribution is 2.25. The molecule has 3 aromatic carbocycles. The van der Waals surface area contributed by atoms with Crippen LogP contribution in [0.2, 0.25) is 0 Å². The predicted molar refractivity (Wildman–Crippen MR) is 129 cm³/mol. The molecule has 0 aliphatic rings. The predicted octanol–water partition coefficient (Wildman–Crippen LogP) is 4.10. The molecule has 0 radical (unpaired) electrons. The standard InChI is InChI=1S/C25H23N3O5S/c1-16-9-7-13-21(17(16)2)26-24(29)20-15-18-10-8-14-22(32-3)23(18)33-25(20)27-28-34(30,31)19-11-5-4-6-12-19/h4-15,28H,1-3H3,(H,26,29)/b27-25-. The minimum atomic E-state index is -3.98. The number of rotatable bonds is 6. The Morgan fingerprint density at radius 3 is 2.44 bits per heavy atom. The van der Waals surface area contributed by atoms with Gasteiger partial charge in [-0.15, -0.1) is 5.10 Å².